The van der Waals surface area contributed by atoms with Gasteiger partial charge in [0, 0.05) is 42.8 Å². The summed E-state index contributed by atoms with van der Waals surface area (Å²) in [6, 6.07) is 8.67. The van der Waals surface area contributed by atoms with E-state index in [2.05, 4.69) is 53.3 Å². The van der Waals surface area contributed by atoms with Crippen molar-refractivity contribution in [2.45, 2.75) is 32.4 Å². The van der Waals surface area contributed by atoms with E-state index in [0.29, 0.717) is 12.6 Å². The molecule has 0 radical (unpaired) electrons. The quantitative estimate of drug-likeness (QED) is 0.429. The third kappa shape index (κ3) is 3.36. The third-order valence-corrected chi connectivity index (χ3v) is 6.61. The molecule has 1 aliphatic heterocycles. The standard InChI is InChI=1S/C24H26N8/c1-2-29-9-6-20(7-10-29)31-16-19(13-27-31)18-11-23-22(25-12-18)15-28-32(23)17-21-14-26-24-5-3-4-8-30(21)24/h3-5,8,11-16,20H,2,6-7,9-10,17H2,1H3. The highest BCUT2D eigenvalue weighted by molar-refractivity contribution is 5.80. The van der Waals surface area contributed by atoms with Crippen molar-refractivity contribution in [2.24, 2.45) is 0 Å². The molecule has 0 saturated carbocycles. The highest BCUT2D eigenvalue weighted by Gasteiger charge is 2.20. The predicted molar refractivity (Wildman–Crippen MR) is 123 cm³/mol. The maximum absolute atomic E-state index is 4.69. The molecule has 0 bridgehead atoms. The van der Waals surface area contributed by atoms with Crippen molar-refractivity contribution in [2.75, 3.05) is 19.6 Å². The van der Waals surface area contributed by atoms with Crippen molar-refractivity contribution >= 4 is 16.7 Å². The maximum atomic E-state index is 4.69. The average Bonchev–Trinajstić information content (AvgIpc) is 3.58. The zero-order valence-corrected chi connectivity index (χ0v) is 18.2. The summed E-state index contributed by atoms with van der Waals surface area (Å²) in [7, 11) is 0. The van der Waals surface area contributed by atoms with E-state index in [-0.39, 0.29) is 0 Å². The van der Waals surface area contributed by atoms with Crippen LogP contribution in [-0.2, 0) is 6.54 Å². The molecular weight excluding hydrogens is 400 g/mol. The molecule has 5 aromatic heterocycles. The number of rotatable bonds is 5. The molecule has 5 aromatic rings. The van der Waals surface area contributed by atoms with Crippen LogP contribution in [0.1, 0.15) is 31.5 Å². The van der Waals surface area contributed by atoms with Crippen molar-refractivity contribution in [1.29, 1.82) is 0 Å². The van der Waals surface area contributed by atoms with Crippen LogP contribution in [0.5, 0.6) is 0 Å². The molecule has 6 rings (SSSR count). The first-order valence-electron chi connectivity index (χ1n) is 11.3. The second-order valence-electron chi connectivity index (χ2n) is 8.48. The van der Waals surface area contributed by atoms with Crippen LogP contribution in [-0.4, -0.2) is 58.5 Å². The number of fused-ring (bicyclic) bond motifs is 2. The average molecular weight is 427 g/mol. The second kappa shape index (κ2) is 7.87. The summed E-state index contributed by atoms with van der Waals surface area (Å²) in [4.78, 5) is 11.7. The van der Waals surface area contributed by atoms with E-state index < -0.39 is 0 Å². The molecule has 0 aliphatic carbocycles. The Morgan fingerprint density at radius 1 is 0.969 bits per heavy atom. The molecule has 32 heavy (non-hydrogen) atoms. The molecule has 0 unspecified atom stereocenters. The Balaban J connectivity index is 1.28. The van der Waals surface area contributed by atoms with Crippen LogP contribution in [0.15, 0.2) is 61.4 Å². The van der Waals surface area contributed by atoms with Crippen LogP contribution in [0.4, 0.5) is 0 Å². The summed E-state index contributed by atoms with van der Waals surface area (Å²) in [5, 5.41) is 9.28. The third-order valence-electron chi connectivity index (χ3n) is 6.61. The van der Waals surface area contributed by atoms with Gasteiger partial charge in [-0.05, 0) is 37.6 Å². The zero-order chi connectivity index (χ0) is 21.5. The van der Waals surface area contributed by atoms with Gasteiger partial charge in [-0.1, -0.05) is 13.0 Å². The number of imidazole rings is 1. The van der Waals surface area contributed by atoms with Gasteiger partial charge in [-0.25, -0.2) is 4.98 Å². The minimum absolute atomic E-state index is 0.476. The highest BCUT2D eigenvalue weighted by atomic mass is 15.3. The summed E-state index contributed by atoms with van der Waals surface area (Å²) >= 11 is 0. The molecule has 0 spiro atoms. The largest absolute Gasteiger partial charge is 0.303 e. The van der Waals surface area contributed by atoms with Crippen LogP contribution in [0.25, 0.3) is 27.8 Å². The first-order valence-corrected chi connectivity index (χ1v) is 11.3. The van der Waals surface area contributed by atoms with Gasteiger partial charge >= 0.3 is 0 Å². The smallest absolute Gasteiger partial charge is 0.136 e. The van der Waals surface area contributed by atoms with Crippen LogP contribution >= 0.6 is 0 Å². The lowest BCUT2D eigenvalue weighted by atomic mass is 10.1. The highest BCUT2D eigenvalue weighted by Crippen LogP contribution is 2.27. The number of pyridine rings is 2. The van der Waals surface area contributed by atoms with Gasteiger partial charge in [-0.15, -0.1) is 0 Å². The Kier molecular flexibility index (Phi) is 4.72. The van der Waals surface area contributed by atoms with Crippen molar-refractivity contribution in [3.05, 3.63) is 67.1 Å². The lowest BCUT2D eigenvalue weighted by Crippen LogP contribution is -2.34. The van der Waals surface area contributed by atoms with Crippen LogP contribution in [0, 0.1) is 0 Å². The number of hydrogen-bond donors (Lipinski definition) is 0. The summed E-state index contributed by atoms with van der Waals surface area (Å²) < 4.78 is 6.23. The molecule has 6 heterocycles. The van der Waals surface area contributed by atoms with Gasteiger partial charge in [0.15, 0.2) is 0 Å². The fourth-order valence-corrected chi connectivity index (χ4v) is 4.68. The molecular formula is C24H26N8. The van der Waals surface area contributed by atoms with E-state index in [1.165, 1.54) is 0 Å². The fraction of sp³-hybridized carbons (Fsp3) is 0.333. The van der Waals surface area contributed by atoms with Gasteiger partial charge < -0.3 is 9.30 Å². The Hall–Kier alpha value is -3.52. The minimum atomic E-state index is 0.476. The predicted octanol–water partition coefficient (Wildman–Crippen LogP) is 3.65. The van der Waals surface area contributed by atoms with Gasteiger partial charge in [0.2, 0.25) is 0 Å². The molecule has 1 fully saturated rings. The van der Waals surface area contributed by atoms with E-state index in [4.69, 9.17) is 0 Å². The van der Waals surface area contributed by atoms with E-state index in [1.54, 1.807) is 0 Å². The fourth-order valence-electron chi connectivity index (χ4n) is 4.68. The van der Waals surface area contributed by atoms with Crippen LogP contribution in [0.3, 0.4) is 0 Å². The first kappa shape index (κ1) is 19.2. The van der Waals surface area contributed by atoms with Gasteiger partial charge in [0.05, 0.1) is 42.4 Å². The number of piperidine rings is 1. The van der Waals surface area contributed by atoms with E-state index in [0.717, 1.165) is 66.0 Å². The lowest BCUT2D eigenvalue weighted by Gasteiger charge is -2.31. The normalized spacial score (nSPS) is 15.8. The minimum Gasteiger partial charge on any atom is -0.303 e. The second-order valence-corrected chi connectivity index (χ2v) is 8.48. The van der Waals surface area contributed by atoms with Crippen molar-refractivity contribution in [3.63, 3.8) is 0 Å². The van der Waals surface area contributed by atoms with Crippen molar-refractivity contribution in [3.8, 4) is 11.1 Å². The Bertz CT molecular complexity index is 1370. The molecule has 8 nitrogen and oxygen atoms in total. The van der Waals surface area contributed by atoms with Gasteiger partial charge in [-0.3, -0.25) is 14.3 Å². The molecule has 1 aliphatic rings. The number of nitrogens with zero attached hydrogens (tertiary/aromatic N) is 8. The maximum Gasteiger partial charge on any atom is 0.136 e. The molecule has 0 N–H and O–H groups in total. The summed E-state index contributed by atoms with van der Waals surface area (Å²) in [6.07, 6.45) is 14.1. The van der Waals surface area contributed by atoms with E-state index in [9.17, 15) is 0 Å². The number of hydrogen-bond acceptors (Lipinski definition) is 5. The molecule has 0 aromatic carbocycles. The number of aromatic nitrogens is 7. The zero-order valence-electron chi connectivity index (χ0n) is 18.2. The molecule has 8 heteroatoms. The molecule has 1 saturated heterocycles. The Labute approximate surface area is 186 Å². The Morgan fingerprint density at radius 3 is 2.75 bits per heavy atom. The van der Waals surface area contributed by atoms with Gasteiger partial charge in [0.1, 0.15) is 11.2 Å². The van der Waals surface area contributed by atoms with Gasteiger partial charge in [-0.2, -0.15) is 10.2 Å². The van der Waals surface area contributed by atoms with Crippen molar-refractivity contribution in [1.82, 2.24) is 38.8 Å². The SMILES string of the molecule is CCN1CCC(n2cc(-c3cnc4cnn(Cc5cnc6ccccn56)c4c3)cn2)CC1. The van der Waals surface area contributed by atoms with E-state index in [1.807, 2.05) is 53.9 Å². The summed E-state index contributed by atoms with van der Waals surface area (Å²) in [5.41, 5.74) is 6.09. The Morgan fingerprint density at radius 2 is 1.88 bits per heavy atom. The van der Waals surface area contributed by atoms with Gasteiger partial charge in [0.25, 0.3) is 0 Å². The summed E-state index contributed by atoms with van der Waals surface area (Å²) in [6.45, 7) is 6.29. The summed E-state index contributed by atoms with van der Waals surface area (Å²) in [5.74, 6) is 0. The van der Waals surface area contributed by atoms with Crippen LogP contribution in [0.2, 0.25) is 0 Å². The topological polar surface area (TPSA) is 69.1 Å². The first-order chi connectivity index (χ1) is 15.8. The number of likely N-dealkylation sites (tertiary alicyclic amines) is 1. The van der Waals surface area contributed by atoms with Crippen molar-refractivity contribution < 1.29 is 0 Å². The monoisotopic (exact) mass is 426 g/mol. The molecule has 162 valence electrons. The molecule has 0 amide bonds. The molecule has 0 atom stereocenters. The van der Waals surface area contributed by atoms with Crippen LogP contribution < -0.4 is 0 Å². The lowest BCUT2D eigenvalue weighted by molar-refractivity contribution is 0.187. The van der Waals surface area contributed by atoms with E-state index >= 15 is 0 Å².